The number of amides is 1. The molecule has 0 aromatic carbocycles. The van der Waals surface area contributed by atoms with Crippen LogP contribution in [-0.2, 0) is 21.5 Å². The van der Waals surface area contributed by atoms with Crippen molar-refractivity contribution in [1.82, 2.24) is 24.0 Å². The van der Waals surface area contributed by atoms with Crippen LogP contribution >= 0.6 is 0 Å². The van der Waals surface area contributed by atoms with Gasteiger partial charge in [0.1, 0.15) is 19.2 Å². The minimum absolute atomic E-state index is 0.107. The van der Waals surface area contributed by atoms with Crippen molar-refractivity contribution in [3.8, 4) is 0 Å². The highest BCUT2D eigenvalue weighted by Gasteiger charge is 2.26. The predicted molar refractivity (Wildman–Crippen MR) is 61.3 cm³/mol. The van der Waals surface area contributed by atoms with E-state index in [1.54, 1.807) is 4.90 Å². The summed E-state index contributed by atoms with van der Waals surface area (Å²) in [6.07, 6.45) is 2.81. The maximum absolute atomic E-state index is 11.9. The van der Waals surface area contributed by atoms with E-state index >= 15 is 0 Å². The Morgan fingerprint density at radius 3 is 2.44 bits per heavy atom. The number of carbonyl (C=O) groups excluding carboxylic acids is 1. The first kappa shape index (κ1) is 12.9. The summed E-state index contributed by atoms with van der Waals surface area (Å²) < 4.78 is 24.8. The van der Waals surface area contributed by atoms with Crippen molar-refractivity contribution >= 4 is 16.1 Å². The summed E-state index contributed by atoms with van der Waals surface area (Å²) in [5, 5.41) is 8.85. The fourth-order valence-electron chi connectivity index (χ4n) is 1.74. The summed E-state index contributed by atoms with van der Waals surface area (Å²) in [6.45, 7) is 1.23. The first-order chi connectivity index (χ1) is 8.47. The smallest absolute Gasteiger partial charge is 0.277 e. The quantitative estimate of drug-likeness (QED) is 0.661. The van der Waals surface area contributed by atoms with Crippen LogP contribution < -0.4 is 5.14 Å². The Bertz CT molecular complexity index is 505. The summed E-state index contributed by atoms with van der Waals surface area (Å²) in [6, 6.07) is 0. The number of aromatic nitrogens is 3. The molecule has 1 aromatic heterocycles. The summed E-state index contributed by atoms with van der Waals surface area (Å²) >= 11 is 0. The van der Waals surface area contributed by atoms with E-state index in [-0.39, 0.29) is 25.5 Å². The molecule has 2 heterocycles. The third kappa shape index (κ3) is 3.03. The van der Waals surface area contributed by atoms with Gasteiger partial charge in [-0.1, -0.05) is 0 Å². The van der Waals surface area contributed by atoms with Crippen LogP contribution in [0.1, 0.15) is 0 Å². The van der Waals surface area contributed by atoms with Gasteiger partial charge in [-0.15, -0.1) is 0 Å². The minimum Gasteiger partial charge on any atom is -0.338 e. The maximum Gasteiger partial charge on any atom is 0.277 e. The number of nitrogens with two attached hydrogens (primary N) is 1. The van der Waals surface area contributed by atoms with E-state index in [2.05, 4.69) is 10.1 Å². The van der Waals surface area contributed by atoms with Crippen LogP contribution in [0.15, 0.2) is 12.7 Å². The Kier molecular flexibility index (Phi) is 3.59. The van der Waals surface area contributed by atoms with Crippen molar-refractivity contribution in [2.24, 2.45) is 5.14 Å². The molecule has 2 N–H and O–H groups in total. The highest BCUT2D eigenvalue weighted by atomic mass is 32.2. The molecule has 0 atom stereocenters. The average Bonchev–Trinajstić information content (AvgIpc) is 2.81. The number of hydrogen-bond donors (Lipinski definition) is 1. The zero-order valence-corrected chi connectivity index (χ0v) is 10.5. The molecular formula is C8H14N6O3S. The van der Waals surface area contributed by atoms with Gasteiger partial charge in [0, 0.05) is 26.2 Å². The molecule has 0 aliphatic carbocycles. The van der Waals surface area contributed by atoms with Gasteiger partial charge in [-0.3, -0.25) is 4.79 Å². The normalized spacial score (nSPS) is 17.9. The molecule has 0 bridgehead atoms. The van der Waals surface area contributed by atoms with E-state index in [4.69, 9.17) is 5.14 Å². The molecule has 1 saturated heterocycles. The zero-order valence-electron chi connectivity index (χ0n) is 9.64. The highest BCUT2D eigenvalue weighted by Crippen LogP contribution is 2.05. The largest absolute Gasteiger partial charge is 0.338 e. The van der Waals surface area contributed by atoms with Crippen LogP contribution in [0.3, 0.4) is 0 Å². The van der Waals surface area contributed by atoms with E-state index in [9.17, 15) is 13.2 Å². The first-order valence-electron chi connectivity index (χ1n) is 5.35. The van der Waals surface area contributed by atoms with Crippen molar-refractivity contribution in [3.63, 3.8) is 0 Å². The topological polar surface area (TPSA) is 114 Å². The van der Waals surface area contributed by atoms with Gasteiger partial charge in [0.25, 0.3) is 10.2 Å². The van der Waals surface area contributed by atoms with Crippen LogP contribution in [0.4, 0.5) is 0 Å². The second-order valence-corrected chi connectivity index (χ2v) is 5.46. The summed E-state index contributed by atoms with van der Waals surface area (Å²) in [4.78, 5) is 17.2. The van der Waals surface area contributed by atoms with Gasteiger partial charge in [0.15, 0.2) is 0 Å². The molecule has 1 aromatic rings. The van der Waals surface area contributed by atoms with Gasteiger partial charge in [-0.2, -0.15) is 17.8 Å². The molecular weight excluding hydrogens is 260 g/mol. The number of piperazine rings is 1. The standard InChI is InChI=1S/C8H14N6O3S/c9-18(16,17)14-3-1-12(2-4-14)8(15)5-13-7-10-6-11-13/h6-7H,1-5H2,(H2,9,16,17). The lowest BCUT2D eigenvalue weighted by Crippen LogP contribution is -2.52. The molecule has 0 saturated carbocycles. The molecule has 10 heteroatoms. The van der Waals surface area contributed by atoms with Gasteiger partial charge >= 0.3 is 0 Å². The maximum atomic E-state index is 11.9. The Labute approximate surface area is 104 Å². The summed E-state index contributed by atoms with van der Waals surface area (Å²) in [5.74, 6) is -0.116. The lowest BCUT2D eigenvalue weighted by molar-refractivity contribution is -0.133. The molecule has 1 amide bonds. The van der Waals surface area contributed by atoms with E-state index in [0.717, 1.165) is 4.31 Å². The summed E-state index contributed by atoms with van der Waals surface area (Å²) in [5.41, 5.74) is 0. The fourth-order valence-corrected chi connectivity index (χ4v) is 2.42. The van der Waals surface area contributed by atoms with Crippen LogP contribution in [0.25, 0.3) is 0 Å². The minimum atomic E-state index is -3.66. The van der Waals surface area contributed by atoms with Gasteiger partial charge in [-0.05, 0) is 0 Å². The van der Waals surface area contributed by atoms with Crippen molar-refractivity contribution in [2.45, 2.75) is 6.54 Å². The molecule has 9 nitrogen and oxygen atoms in total. The molecule has 0 spiro atoms. The van der Waals surface area contributed by atoms with Gasteiger partial charge < -0.3 is 4.90 Å². The van der Waals surface area contributed by atoms with Gasteiger partial charge in [0.2, 0.25) is 5.91 Å². The first-order valence-corrected chi connectivity index (χ1v) is 6.85. The second kappa shape index (κ2) is 5.00. The lowest BCUT2D eigenvalue weighted by Gasteiger charge is -2.32. The molecule has 0 unspecified atom stereocenters. The van der Waals surface area contributed by atoms with Crippen molar-refractivity contribution < 1.29 is 13.2 Å². The molecule has 18 heavy (non-hydrogen) atoms. The van der Waals surface area contributed by atoms with E-state index in [1.165, 1.54) is 17.3 Å². The third-order valence-corrected chi connectivity index (χ3v) is 3.80. The number of carbonyl (C=O) groups is 1. The van der Waals surface area contributed by atoms with Crippen molar-refractivity contribution in [2.75, 3.05) is 26.2 Å². The van der Waals surface area contributed by atoms with Crippen LogP contribution in [0.5, 0.6) is 0 Å². The molecule has 0 radical (unpaired) electrons. The second-order valence-electron chi connectivity index (χ2n) is 3.92. The third-order valence-electron chi connectivity index (χ3n) is 2.72. The van der Waals surface area contributed by atoms with Crippen molar-refractivity contribution in [3.05, 3.63) is 12.7 Å². The van der Waals surface area contributed by atoms with Crippen LogP contribution in [-0.4, -0.2) is 64.5 Å². The van der Waals surface area contributed by atoms with Gasteiger partial charge in [-0.25, -0.2) is 14.8 Å². The predicted octanol–water partition coefficient (Wildman–Crippen LogP) is -2.37. The number of rotatable bonds is 3. The highest BCUT2D eigenvalue weighted by molar-refractivity contribution is 7.86. The number of hydrogen-bond acceptors (Lipinski definition) is 5. The molecule has 1 aliphatic rings. The van der Waals surface area contributed by atoms with E-state index in [1.807, 2.05) is 0 Å². The SMILES string of the molecule is NS(=O)(=O)N1CCN(C(=O)Cn2cncn2)CC1. The van der Waals surface area contributed by atoms with Gasteiger partial charge in [0.05, 0.1) is 0 Å². The summed E-state index contributed by atoms with van der Waals surface area (Å²) in [7, 11) is -3.66. The molecule has 1 aliphatic heterocycles. The number of nitrogens with zero attached hydrogens (tertiary/aromatic N) is 5. The zero-order chi connectivity index (χ0) is 13.2. The monoisotopic (exact) mass is 274 g/mol. The Morgan fingerprint density at radius 1 is 1.28 bits per heavy atom. The van der Waals surface area contributed by atoms with E-state index in [0.29, 0.717) is 13.1 Å². The van der Waals surface area contributed by atoms with E-state index < -0.39 is 10.2 Å². The van der Waals surface area contributed by atoms with Crippen molar-refractivity contribution in [1.29, 1.82) is 0 Å². The van der Waals surface area contributed by atoms with Crippen LogP contribution in [0, 0.1) is 0 Å². The lowest BCUT2D eigenvalue weighted by atomic mass is 10.3. The Balaban J connectivity index is 1.88. The average molecular weight is 274 g/mol. The Hall–Kier alpha value is -1.52. The molecule has 1 fully saturated rings. The molecule has 100 valence electrons. The fraction of sp³-hybridized carbons (Fsp3) is 0.625. The van der Waals surface area contributed by atoms with Crippen LogP contribution in [0.2, 0.25) is 0 Å². The molecule has 2 rings (SSSR count). The Morgan fingerprint density at radius 2 is 1.94 bits per heavy atom.